The standard InChI is InChI=1S/C17H25N3O/c1-12(2)21-17-9-7-6-8-15(17)10-18-13(3)16-11-19-20(5)14(16)4/h6-9,11-13,18H,10H2,1-5H3. The molecule has 2 rings (SSSR count). The van der Waals surface area contributed by atoms with E-state index in [1.807, 2.05) is 50.0 Å². The number of aromatic nitrogens is 2. The number of nitrogens with one attached hydrogen (secondary N) is 1. The molecule has 0 radical (unpaired) electrons. The number of benzene rings is 1. The van der Waals surface area contributed by atoms with Crippen molar-refractivity contribution in [1.82, 2.24) is 15.1 Å². The molecular weight excluding hydrogens is 262 g/mol. The molecule has 114 valence electrons. The van der Waals surface area contributed by atoms with Crippen molar-refractivity contribution < 1.29 is 4.74 Å². The molecule has 0 aliphatic rings. The van der Waals surface area contributed by atoms with E-state index in [4.69, 9.17) is 4.74 Å². The van der Waals surface area contributed by atoms with Crippen LogP contribution < -0.4 is 10.1 Å². The lowest BCUT2D eigenvalue weighted by Crippen LogP contribution is -2.19. The Labute approximate surface area is 127 Å². The summed E-state index contributed by atoms with van der Waals surface area (Å²) in [6.45, 7) is 9.13. The first kappa shape index (κ1) is 15.6. The van der Waals surface area contributed by atoms with Crippen LogP contribution in [0.4, 0.5) is 0 Å². The van der Waals surface area contributed by atoms with Crippen molar-refractivity contribution in [2.24, 2.45) is 7.05 Å². The molecule has 2 aromatic rings. The van der Waals surface area contributed by atoms with E-state index < -0.39 is 0 Å². The summed E-state index contributed by atoms with van der Waals surface area (Å²) in [6, 6.07) is 8.44. The van der Waals surface area contributed by atoms with Crippen molar-refractivity contribution in [3.63, 3.8) is 0 Å². The molecule has 0 amide bonds. The summed E-state index contributed by atoms with van der Waals surface area (Å²) < 4.78 is 7.76. The molecule has 1 aromatic heterocycles. The number of nitrogens with zero attached hydrogens (tertiary/aromatic N) is 2. The third kappa shape index (κ3) is 3.85. The van der Waals surface area contributed by atoms with Gasteiger partial charge in [0.2, 0.25) is 0 Å². The molecule has 0 spiro atoms. The second-order valence-corrected chi connectivity index (χ2v) is 5.69. The average molecular weight is 287 g/mol. The molecule has 21 heavy (non-hydrogen) atoms. The lowest BCUT2D eigenvalue weighted by atomic mass is 10.1. The van der Waals surface area contributed by atoms with Gasteiger partial charge in [0.25, 0.3) is 0 Å². The number of rotatable bonds is 6. The first-order valence-corrected chi connectivity index (χ1v) is 7.45. The summed E-state index contributed by atoms with van der Waals surface area (Å²) in [5, 5.41) is 7.85. The summed E-state index contributed by atoms with van der Waals surface area (Å²) in [6.07, 6.45) is 2.12. The summed E-state index contributed by atoms with van der Waals surface area (Å²) in [5.41, 5.74) is 3.61. The lowest BCUT2D eigenvalue weighted by molar-refractivity contribution is 0.239. The van der Waals surface area contributed by atoms with E-state index in [2.05, 4.69) is 30.3 Å². The van der Waals surface area contributed by atoms with Crippen LogP contribution in [-0.4, -0.2) is 15.9 Å². The van der Waals surface area contributed by atoms with Gasteiger partial charge in [0.1, 0.15) is 5.75 Å². The molecule has 4 nitrogen and oxygen atoms in total. The lowest BCUT2D eigenvalue weighted by Gasteiger charge is -2.17. The second kappa shape index (κ2) is 6.76. The molecular formula is C17H25N3O. The SMILES string of the molecule is Cc1c(C(C)NCc2ccccc2OC(C)C)cnn1C. The zero-order valence-corrected chi connectivity index (χ0v) is 13.6. The Morgan fingerprint density at radius 3 is 2.57 bits per heavy atom. The predicted octanol–water partition coefficient (Wildman–Crippen LogP) is 3.37. The van der Waals surface area contributed by atoms with Gasteiger partial charge >= 0.3 is 0 Å². The topological polar surface area (TPSA) is 39.1 Å². The zero-order valence-electron chi connectivity index (χ0n) is 13.6. The van der Waals surface area contributed by atoms with Crippen LogP contribution in [0.5, 0.6) is 5.75 Å². The molecule has 1 aromatic carbocycles. The molecule has 0 aliphatic carbocycles. The van der Waals surface area contributed by atoms with Crippen molar-refractivity contribution >= 4 is 0 Å². The monoisotopic (exact) mass is 287 g/mol. The molecule has 0 aliphatic heterocycles. The molecule has 0 bridgehead atoms. The highest BCUT2D eigenvalue weighted by Gasteiger charge is 2.12. The third-order valence-electron chi connectivity index (χ3n) is 3.67. The van der Waals surface area contributed by atoms with Gasteiger partial charge in [-0.3, -0.25) is 4.68 Å². The van der Waals surface area contributed by atoms with Gasteiger partial charge in [0.05, 0.1) is 12.3 Å². The fraction of sp³-hybridized carbons (Fsp3) is 0.471. The van der Waals surface area contributed by atoms with E-state index in [0.29, 0.717) is 0 Å². The molecule has 4 heteroatoms. The Morgan fingerprint density at radius 1 is 1.24 bits per heavy atom. The van der Waals surface area contributed by atoms with Gasteiger partial charge < -0.3 is 10.1 Å². The predicted molar refractivity (Wildman–Crippen MR) is 85.4 cm³/mol. The summed E-state index contributed by atoms with van der Waals surface area (Å²) in [5.74, 6) is 0.954. The molecule has 1 N–H and O–H groups in total. The molecule has 0 saturated carbocycles. The highest BCUT2D eigenvalue weighted by Crippen LogP contribution is 2.21. The van der Waals surface area contributed by atoms with Gasteiger partial charge in [-0.25, -0.2) is 0 Å². The molecule has 0 saturated heterocycles. The molecule has 1 unspecified atom stereocenters. The Morgan fingerprint density at radius 2 is 1.95 bits per heavy atom. The number of para-hydroxylation sites is 1. The smallest absolute Gasteiger partial charge is 0.124 e. The number of hydrogen-bond acceptors (Lipinski definition) is 3. The number of ether oxygens (including phenoxy) is 1. The highest BCUT2D eigenvalue weighted by molar-refractivity contribution is 5.33. The first-order chi connectivity index (χ1) is 9.99. The summed E-state index contributed by atoms with van der Waals surface area (Å²) in [7, 11) is 1.97. The van der Waals surface area contributed by atoms with Crippen LogP contribution in [0, 0.1) is 6.92 Å². The van der Waals surface area contributed by atoms with Crippen LogP contribution >= 0.6 is 0 Å². The van der Waals surface area contributed by atoms with Crippen molar-refractivity contribution in [3.05, 3.63) is 47.3 Å². The Kier molecular flexibility index (Phi) is 5.02. The van der Waals surface area contributed by atoms with Crippen LogP contribution in [0.15, 0.2) is 30.5 Å². The first-order valence-electron chi connectivity index (χ1n) is 7.45. The largest absolute Gasteiger partial charge is 0.491 e. The van der Waals surface area contributed by atoms with Gasteiger partial charge in [0, 0.05) is 36.5 Å². The normalized spacial score (nSPS) is 12.7. The van der Waals surface area contributed by atoms with E-state index in [9.17, 15) is 0 Å². The van der Waals surface area contributed by atoms with Crippen LogP contribution in [0.1, 0.15) is 43.6 Å². The number of hydrogen-bond donors (Lipinski definition) is 1. The Balaban J connectivity index is 2.04. The zero-order chi connectivity index (χ0) is 15.4. The van der Waals surface area contributed by atoms with Crippen LogP contribution in [0.3, 0.4) is 0 Å². The Hall–Kier alpha value is -1.81. The third-order valence-corrected chi connectivity index (χ3v) is 3.67. The molecule has 0 fully saturated rings. The minimum absolute atomic E-state index is 0.184. The fourth-order valence-electron chi connectivity index (χ4n) is 2.33. The Bertz CT molecular complexity index is 589. The fourth-order valence-corrected chi connectivity index (χ4v) is 2.33. The molecule has 1 heterocycles. The van der Waals surface area contributed by atoms with Gasteiger partial charge in [-0.1, -0.05) is 18.2 Å². The maximum Gasteiger partial charge on any atom is 0.124 e. The van der Waals surface area contributed by atoms with Crippen LogP contribution in [0.2, 0.25) is 0 Å². The summed E-state index contributed by atoms with van der Waals surface area (Å²) >= 11 is 0. The minimum atomic E-state index is 0.184. The van der Waals surface area contributed by atoms with Crippen LogP contribution in [0.25, 0.3) is 0 Å². The van der Waals surface area contributed by atoms with Gasteiger partial charge in [0.15, 0.2) is 0 Å². The van der Waals surface area contributed by atoms with Crippen molar-refractivity contribution in [3.8, 4) is 5.75 Å². The van der Waals surface area contributed by atoms with Crippen molar-refractivity contribution in [2.45, 2.75) is 46.4 Å². The highest BCUT2D eigenvalue weighted by atomic mass is 16.5. The maximum atomic E-state index is 5.85. The van der Waals surface area contributed by atoms with Gasteiger partial charge in [-0.15, -0.1) is 0 Å². The van der Waals surface area contributed by atoms with E-state index in [1.165, 1.54) is 16.8 Å². The minimum Gasteiger partial charge on any atom is -0.491 e. The second-order valence-electron chi connectivity index (χ2n) is 5.69. The van der Waals surface area contributed by atoms with E-state index in [0.717, 1.165) is 12.3 Å². The van der Waals surface area contributed by atoms with E-state index >= 15 is 0 Å². The van der Waals surface area contributed by atoms with Gasteiger partial charge in [-0.05, 0) is 33.8 Å². The number of aryl methyl sites for hydroxylation is 1. The van der Waals surface area contributed by atoms with E-state index in [-0.39, 0.29) is 12.1 Å². The molecule has 1 atom stereocenters. The average Bonchev–Trinajstić information content (AvgIpc) is 2.77. The quantitative estimate of drug-likeness (QED) is 0.885. The summed E-state index contributed by atoms with van der Waals surface area (Å²) in [4.78, 5) is 0. The maximum absolute atomic E-state index is 5.85. The van der Waals surface area contributed by atoms with Crippen molar-refractivity contribution in [2.75, 3.05) is 0 Å². The van der Waals surface area contributed by atoms with E-state index in [1.54, 1.807) is 0 Å². The van der Waals surface area contributed by atoms with Gasteiger partial charge in [-0.2, -0.15) is 5.10 Å². The van der Waals surface area contributed by atoms with Crippen molar-refractivity contribution in [1.29, 1.82) is 0 Å². The van der Waals surface area contributed by atoms with Crippen LogP contribution in [-0.2, 0) is 13.6 Å².